The van der Waals surface area contributed by atoms with E-state index in [0.717, 1.165) is 12.0 Å². The van der Waals surface area contributed by atoms with Crippen LogP contribution in [0.25, 0.3) is 0 Å². The molecule has 1 atom stereocenters. The predicted molar refractivity (Wildman–Crippen MR) is 73.3 cm³/mol. The molecule has 0 fully saturated rings. The lowest BCUT2D eigenvalue weighted by atomic mass is 9.81. The van der Waals surface area contributed by atoms with Crippen LogP contribution in [0.15, 0.2) is 18.2 Å². The van der Waals surface area contributed by atoms with Crippen molar-refractivity contribution in [3.05, 3.63) is 29.3 Å². The summed E-state index contributed by atoms with van der Waals surface area (Å²) in [6.07, 6.45) is -0.375. The third-order valence-corrected chi connectivity index (χ3v) is 3.61. The number of aliphatic hydroxyl groups excluding tert-OH is 1. The van der Waals surface area contributed by atoms with Crippen molar-refractivity contribution in [2.45, 2.75) is 38.7 Å². The smallest absolute Gasteiger partial charge is 0.339 e. The molecule has 0 bridgehead atoms. The van der Waals surface area contributed by atoms with Crippen LogP contribution in [0.4, 0.5) is 0 Å². The molecule has 19 heavy (non-hydrogen) atoms. The molecule has 0 saturated carbocycles. The van der Waals surface area contributed by atoms with Crippen LogP contribution in [0.5, 0.6) is 5.75 Å². The Morgan fingerprint density at radius 3 is 2.47 bits per heavy atom. The maximum Gasteiger partial charge on any atom is 0.339 e. The van der Waals surface area contributed by atoms with Gasteiger partial charge in [0.2, 0.25) is 0 Å². The molecule has 0 aliphatic heterocycles. The van der Waals surface area contributed by atoms with Gasteiger partial charge in [0, 0.05) is 5.56 Å². The Morgan fingerprint density at radius 2 is 2.00 bits per heavy atom. The first-order chi connectivity index (χ1) is 8.87. The Morgan fingerprint density at radius 1 is 1.37 bits per heavy atom. The number of aliphatic hydroxyl groups is 1. The molecule has 1 rings (SSSR count). The van der Waals surface area contributed by atoms with Crippen LogP contribution in [0.3, 0.4) is 0 Å². The predicted octanol–water partition coefficient (Wildman–Crippen LogP) is 2.59. The fraction of sp³-hybridized carbons (Fsp3) is 0.533. The largest absolute Gasteiger partial charge is 0.496 e. The fourth-order valence-electron chi connectivity index (χ4n) is 1.81. The van der Waals surface area contributed by atoms with Crippen molar-refractivity contribution in [2.24, 2.45) is 0 Å². The molecule has 1 aromatic carbocycles. The molecular weight excluding hydrogens is 244 g/mol. The summed E-state index contributed by atoms with van der Waals surface area (Å²) in [5.41, 5.74) is 1.46. The number of carbonyl (C=O) groups is 1. The van der Waals surface area contributed by atoms with Gasteiger partial charge < -0.3 is 14.6 Å². The molecule has 0 aliphatic rings. The van der Waals surface area contributed by atoms with Crippen LogP contribution in [0, 0.1) is 0 Å². The lowest BCUT2D eigenvalue weighted by Crippen LogP contribution is -2.18. The number of benzene rings is 1. The highest BCUT2D eigenvalue weighted by Gasteiger charge is 2.25. The van der Waals surface area contributed by atoms with Gasteiger partial charge in [-0.2, -0.15) is 0 Å². The Bertz CT molecular complexity index is 451. The van der Waals surface area contributed by atoms with E-state index in [1.54, 1.807) is 6.07 Å². The summed E-state index contributed by atoms with van der Waals surface area (Å²) in [6, 6.07) is 5.54. The van der Waals surface area contributed by atoms with E-state index in [9.17, 15) is 9.90 Å². The van der Waals surface area contributed by atoms with Gasteiger partial charge in [-0.25, -0.2) is 4.79 Å². The molecule has 0 aliphatic carbocycles. The summed E-state index contributed by atoms with van der Waals surface area (Å²) in [5, 5.41) is 10.0. The quantitative estimate of drug-likeness (QED) is 0.832. The van der Waals surface area contributed by atoms with Crippen LogP contribution in [-0.2, 0) is 14.9 Å². The summed E-state index contributed by atoms with van der Waals surface area (Å²) >= 11 is 0. The second-order valence-corrected chi connectivity index (χ2v) is 5.12. The number of ether oxygens (including phenoxy) is 2. The van der Waals surface area contributed by atoms with Crippen LogP contribution >= 0.6 is 0 Å². The first-order valence-corrected chi connectivity index (χ1v) is 6.31. The zero-order valence-electron chi connectivity index (χ0n) is 12.2. The van der Waals surface area contributed by atoms with Crippen molar-refractivity contribution in [3.63, 3.8) is 0 Å². The number of hydrogen-bond acceptors (Lipinski definition) is 4. The van der Waals surface area contributed by atoms with Crippen LogP contribution < -0.4 is 4.74 Å². The molecule has 0 aromatic heterocycles. The highest BCUT2D eigenvalue weighted by Crippen LogP contribution is 2.33. The molecule has 4 nitrogen and oxygen atoms in total. The van der Waals surface area contributed by atoms with E-state index in [-0.39, 0.29) is 5.41 Å². The first-order valence-electron chi connectivity index (χ1n) is 6.31. The zero-order chi connectivity index (χ0) is 14.6. The van der Waals surface area contributed by atoms with Crippen molar-refractivity contribution in [1.29, 1.82) is 0 Å². The van der Waals surface area contributed by atoms with Gasteiger partial charge in [0.1, 0.15) is 5.75 Å². The molecule has 106 valence electrons. The summed E-state index contributed by atoms with van der Waals surface area (Å²) < 4.78 is 9.77. The van der Waals surface area contributed by atoms with E-state index in [1.807, 2.05) is 12.1 Å². The Hall–Kier alpha value is -1.55. The van der Waals surface area contributed by atoms with Crippen molar-refractivity contribution in [3.8, 4) is 5.75 Å². The lowest BCUT2D eigenvalue weighted by molar-refractivity contribution is -0.150. The summed E-state index contributed by atoms with van der Waals surface area (Å²) in [7, 11) is 2.76. The van der Waals surface area contributed by atoms with Gasteiger partial charge in [0.25, 0.3) is 0 Å². The molecule has 0 radical (unpaired) electrons. The topological polar surface area (TPSA) is 55.8 Å². The first kappa shape index (κ1) is 15.5. The Labute approximate surface area is 114 Å². The SMILES string of the molecule is CCC(C)(C)c1ccc(OC)c(C(O)C(=O)OC)c1. The van der Waals surface area contributed by atoms with E-state index in [4.69, 9.17) is 4.74 Å². The molecule has 0 amide bonds. The average molecular weight is 266 g/mol. The third kappa shape index (κ3) is 3.26. The Kier molecular flexibility index (Phi) is 4.95. The van der Waals surface area contributed by atoms with E-state index in [1.165, 1.54) is 14.2 Å². The van der Waals surface area contributed by atoms with E-state index in [0.29, 0.717) is 11.3 Å². The molecule has 1 unspecified atom stereocenters. The normalized spacial score (nSPS) is 12.9. The number of rotatable bonds is 5. The van der Waals surface area contributed by atoms with Gasteiger partial charge >= 0.3 is 5.97 Å². The van der Waals surface area contributed by atoms with Crippen LogP contribution in [0.1, 0.15) is 44.4 Å². The van der Waals surface area contributed by atoms with Gasteiger partial charge in [-0.3, -0.25) is 0 Å². The third-order valence-electron chi connectivity index (χ3n) is 3.61. The minimum absolute atomic E-state index is 0.0309. The summed E-state index contributed by atoms with van der Waals surface area (Å²) in [4.78, 5) is 11.5. The second kappa shape index (κ2) is 6.06. The molecule has 4 heteroatoms. The van der Waals surface area contributed by atoms with Crippen LogP contribution in [-0.4, -0.2) is 25.3 Å². The van der Waals surface area contributed by atoms with E-state index >= 15 is 0 Å². The minimum atomic E-state index is -1.33. The zero-order valence-corrected chi connectivity index (χ0v) is 12.2. The molecule has 1 N–H and O–H groups in total. The van der Waals surface area contributed by atoms with Crippen LogP contribution in [0.2, 0.25) is 0 Å². The van der Waals surface area contributed by atoms with Gasteiger partial charge in [0.15, 0.2) is 6.10 Å². The minimum Gasteiger partial charge on any atom is -0.496 e. The molecule has 1 aromatic rings. The lowest BCUT2D eigenvalue weighted by Gasteiger charge is -2.25. The van der Waals surface area contributed by atoms with Gasteiger partial charge in [-0.15, -0.1) is 0 Å². The average Bonchev–Trinajstić information content (AvgIpc) is 2.44. The summed E-state index contributed by atoms with van der Waals surface area (Å²) in [6.45, 7) is 6.33. The maximum atomic E-state index is 11.5. The molecular formula is C15H22O4. The van der Waals surface area contributed by atoms with Crippen molar-refractivity contribution < 1.29 is 19.4 Å². The van der Waals surface area contributed by atoms with Gasteiger partial charge in [-0.05, 0) is 29.5 Å². The molecule has 0 spiro atoms. The van der Waals surface area contributed by atoms with E-state index < -0.39 is 12.1 Å². The second-order valence-electron chi connectivity index (χ2n) is 5.12. The molecule has 0 heterocycles. The highest BCUT2D eigenvalue weighted by molar-refractivity contribution is 5.77. The number of esters is 1. The number of methoxy groups -OCH3 is 2. The number of hydrogen-bond donors (Lipinski definition) is 1. The fourth-order valence-corrected chi connectivity index (χ4v) is 1.81. The van der Waals surface area contributed by atoms with Gasteiger partial charge in [-0.1, -0.05) is 26.8 Å². The Balaban J connectivity index is 3.28. The summed E-state index contributed by atoms with van der Waals surface area (Å²) in [5.74, 6) is -0.210. The molecule has 0 saturated heterocycles. The highest BCUT2D eigenvalue weighted by atomic mass is 16.5. The maximum absolute atomic E-state index is 11.5. The van der Waals surface area contributed by atoms with Crippen molar-refractivity contribution in [2.75, 3.05) is 14.2 Å². The van der Waals surface area contributed by atoms with Crippen molar-refractivity contribution >= 4 is 5.97 Å². The standard InChI is InChI=1S/C15H22O4/c1-6-15(2,3)10-7-8-12(18-4)11(9-10)13(16)14(17)19-5/h7-9,13,16H,6H2,1-5H3. The van der Waals surface area contributed by atoms with E-state index in [2.05, 4.69) is 25.5 Å². The van der Waals surface area contributed by atoms with Crippen molar-refractivity contribution in [1.82, 2.24) is 0 Å². The van der Waals surface area contributed by atoms with Gasteiger partial charge in [0.05, 0.1) is 14.2 Å². The number of carbonyl (C=O) groups excluding carboxylic acids is 1. The monoisotopic (exact) mass is 266 g/mol.